The van der Waals surface area contributed by atoms with Crippen LogP contribution in [-0.2, 0) is 16.7 Å². The summed E-state index contributed by atoms with van der Waals surface area (Å²) in [6.07, 6.45) is -4.56. The van der Waals surface area contributed by atoms with E-state index in [1.54, 1.807) is 30.3 Å². The molecule has 7 rings (SSSR count). The Balaban J connectivity index is 1.25. The van der Waals surface area contributed by atoms with Gasteiger partial charge in [0.05, 0.1) is 18.5 Å². The topological polar surface area (TPSA) is 137 Å². The second-order valence-electron chi connectivity index (χ2n) is 12.7. The van der Waals surface area contributed by atoms with Gasteiger partial charge in [-0.25, -0.2) is 9.36 Å². The van der Waals surface area contributed by atoms with E-state index < -0.39 is 48.4 Å². The monoisotopic (exact) mass is 704 g/mol. The molecular formula is C41H37ClN2O7. The van der Waals surface area contributed by atoms with Crippen molar-refractivity contribution in [3.8, 4) is 11.6 Å². The largest absolute Gasteiger partial charge is 0.493 e. The average molecular weight is 705 g/mol. The molecule has 2 heterocycles. The molecule has 1 aliphatic rings. The molecule has 0 spiro atoms. The van der Waals surface area contributed by atoms with E-state index in [9.17, 15) is 30.3 Å². The fourth-order valence-corrected chi connectivity index (χ4v) is 7.32. The van der Waals surface area contributed by atoms with Gasteiger partial charge in [0.2, 0.25) is 5.88 Å². The number of hydrogen-bond acceptors (Lipinski definition) is 7. The van der Waals surface area contributed by atoms with Gasteiger partial charge in [-0.2, -0.15) is 0 Å². The van der Waals surface area contributed by atoms with Crippen molar-refractivity contribution in [1.29, 1.82) is 0 Å². The molecule has 51 heavy (non-hydrogen) atoms. The molecule has 10 heteroatoms. The number of aromatic hydroxyl groups is 1. The molecule has 0 amide bonds. The summed E-state index contributed by atoms with van der Waals surface area (Å²) < 4.78 is 8.61. The maximum atomic E-state index is 14.5. The predicted molar refractivity (Wildman–Crippen MR) is 193 cm³/mol. The van der Waals surface area contributed by atoms with Crippen LogP contribution < -0.4 is 5.69 Å². The minimum absolute atomic E-state index is 0.211. The van der Waals surface area contributed by atoms with E-state index in [-0.39, 0.29) is 5.88 Å². The average Bonchev–Trinajstić information content (AvgIpc) is 3.47. The summed E-state index contributed by atoms with van der Waals surface area (Å²) in [4.78, 5) is 14.5. The Morgan fingerprint density at radius 2 is 1.25 bits per heavy atom. The summed E-state index contributed by atoms with van der Waals surface area (Å²) in [6.45, 7) is -0.524. The third-order valence-corrected chi connectivity index (χ3v) is 10.0. The van der Waals surface area contributed by atoms with E-state index in [2.05, 4.69) is 0 Å². The third-order valence-electron chi connectivity index (χ3n) is 9.68. The van der Waals surface area contributed by atoms with Gasteiger partial charge < -0.3 is 30.3 Å². The highest BCUT2D eigenvalue weighted by Crippen LogP contribution is 2.42. The van der Waals surface area contributed by atoms with Gasteiger partial charge in [-0.15, -0.1) is 0 Å². The van der Waals surface area contributed by atoms with Crippen molar-refractivity contribution in [3.63, 3.8) is 0 Å². The predicted octanol–water partition coefficient (Wildman–Crippen LogP) is 4.94. The number of imidazole rings is 1. The van der Waals surface area contributed by atoms with Crippen LogP contribution in [0, 0.1) is 0 Å². The molecule has 6 aromatic rings. The molecule has 0 radical (unpaired) electrons. The SMILES string of the molecule is O=c1n(-c2ccc(Cc3cc([C@@H]4O[C@H](CO)[C@@H](O)[C@H](O)[C@H]4O)ccc3Cl)cc2)cc(O)n1C(c1ccccc1)(c1ccccc1)c1ccccc1. The van der Waals surface area contributed by atoms with E-state index in [0.29, 0.717) is 22.7 Å². The van der Waals surface area contributed by atoms with Crippen molar-refractivity contribution >= 4 is 11.6 Å². The third kappa shape index (κ3) is 6.18. The van der Waals surface area contributed by atoms with Crippen LogP contribution in [0.25, 0.3) is 5.69 Å². The zero-order valence-electron chi connectivity index (χ0n) is 27.4. The summed E-state index contributed by atoms with van der Waals surface area (Å²) in [7, 11) is 0. The summed E-state index contributed by atoms with van der Waals surface area (Å²) in [5, 5.41) is 52.9. The van der Waals surface area contributed by atoms with Gasteiger partial charge in [-0.3, -0.25) is 4.57 Å². The molecule has 1 aromatic heterocycles. The van der Waals surface area contributed by atoms with E-state index in [0.717, 1.165) is 27.8 Å². The number of aromatic nitrogens is 2. The molecule has 5 aromatic carbocycles. The van der Waals surface area contributed by atoms with Crippen LogP contribution >= 0.6 is 11.6 Å². The van der Waals surface area contributed by atoms with Gasteiger partial charge in [0, 0.05) is 5.02 Å². The lowest BCUT2D eigenvalue weighted by Gasteiger charge is -2.40. The lowest BCUT2D eigenvalue weighted by molar-refractivity contribution is -0.231. The molecule has 5 atom stereocenters. The number of nitrogens with zero attached hydrogens (tertiary/aromatic N) is 2. The van der Waals surface area contributed by atoms with E-state index >= 15 is 0 Å². The van der Waals surface area contributed by atoms with Gasteiger partial charge >= 0.3 is 5.69 Å². The lowest BCUT2D eigenvalue weighted by atomic mass is 9.76. The minimum Gasteiger partial charge on any atom is -0.493 e. The first-order valence-corrected chi connectivity index (χ1v) is 17.0. The second-order valence-corrected chi connectivity index (χ2v) is 13.1. The number of hydrogen-bond donors (Lipinski definition) is 5. The molecule has 0 aliphatic carbocycles. The molecule has 1 aliphatic heterocycles. The van der Waals surface area contributed by atoms with Crippen LogP contribution in [-0.4, -0.2) is 65.7 Å². The quantitative estimate of drug-likeness (QED) is 0.135. The van der Waals surface area contributed by atoms with Crippen molar-refractivity contribution in [2.24, 2.45) is 0 Å². The Bertz CT molecular complexity index is 2060. The van der Waals surface area contributed by atoms with Crippen LogP contribution in [0.3, 0.4) is 0 Å². The molecule has 0 unspecified atom stereocenters. The summed E-state index contributed by atoms with van der Waals surface area (Å²) >= 11 is 6.58. The summed E-state index contributed by atoms with van der Waals surface area (Å²) in [5.41, 5.74) is 3.44. The van der Waals surface area contributed by atoms with Crippen molar-refractivity contribution < 1.29 is 30.3 Å². The Morgan fingerprint density at radius 1 is 0.706 bits per heavy atom. The number of ether oxygens (including phenoxy) is 1. The lowest BCUT2D eigenvalue weighted by Crippen LogP contribution is -2.55. The molecule has 9 nitrogen and oxygen atoms in total. The van der Waals surface area contributed by atoms with E-state index in [1.807, 2.05) is 103 Å². The fraction of sp³-hybridized carbons (Fsp3) is 0.195. The number of rotatable bonds is 9. The van der Waals surface area contributed by atoms with Gasteiger partial charge in [0.15, 0.2) is 0 Å². The van der Waals surface area contributed by atoms with Gasteiger partial charge in [-0.05, 0) is 58.0 Å². The first kappa shape index (κ1) is 34.4. The van der Waals surface area contributed by atoms with E-state index in [4.69, 9.17) is 16.3 Å². The highest BCUT2D eigenvalue weighted by molar-refractivity contribution is 6.31. The first-order valence-electron chi connectivity index (χ1n) is 16.6. The molecule has 1 saturated heterocycles. The highest BCUT2D eigenvalue weighted by Gasteiger charge is 2.44. The van der Waals surface area contributed by atoms with Crippen molar-refractivity contribution in [3.05, 3.63) is 189 Å². The maximum absolute atomic E-state index is 14.5. The van der Waals surface area contributed by atoms with Crippen LogP contribution in [0.4, 0.5) is 0 Å². The summed E-state index contributed by atoms with van der Waals surface area (Å²) in [6, 6.07) is 41.4. The molecule has 5 N–H and O–H groups in total. The van der Waals surface area contributed by atoms with Gasteiger partial charge in [0.25, 0.3) is 0 Å². The molecule has 260 valence electrons. The number of halogens is 1. The van der Waals surface area contributed by atoms with Gasteiger partial charge in [0.1, 0.15) is 36.1 Å². The minimum atomic E-state index is -1.50. The first-order chi connectivity index (χ1) is 24.7. The van der Waals surface area contributed by atoms with Crippen LogP contribution in [0.5, 0.6) is 5.88 Å². The Labute approximate surface area is 299 Å². The normalized spacial score (nSPS) is 20.7. The van der Waals surface area contributed by atoms with Gasteiger partial charge in [-0.1, -0.05) is 127 Å². The van der Waals surface area contributed by atoms with Crippen molar-refractivity contribution in [2.75, 3.05) is 6.61 Å². The standard InChI is InChI=1S/C41H37ClN2O7/c42-33-21-18-27(39-38(49)37(48)36(47)34(25-45)51-39)23-28(33)22-26-16-19-32(20-17-26)43-24-35(46)44(40(43)50)41(29-10-4-1-5-11-29,30-12-6-2-7-13-30)31-14-8-3-9-15-31/h1-21,23-24,34,36-39,45-49H,22,25H2/t34-,36-,37+,38-,39+/m1/s1. The number of benzene rings is 5. The summed E-state index contributed by atoms with van der Waals surface area (Å²) in [5.74, 6) is -0.211. The zero-order valence-corrected chi connectivity index (χ0v) is 28.2. The fourth-order valence-electron chi connectivity index (χ4n) is 7.14. The number of aliphatic hydroxyl groups is 4. The van der Waals surface area contributed by atoms with Crippen LogP contribution in [0.2, 0.25) is 5.02 Å². The Kier molecular flexibility index (Phi) is 9.67. The smallest absolute Gasteiger partial charge is 0.337 e. The Morgan fingerprint density at radius 3 is 1.78 bits per heavy atom. The van der Waals surface area contributed by atoms with Crippen molar-refractivity contribution in [2.45, 2.75) is 42.5 Å². The maximum Gasteiger partial charge on any atom is 0.337 e. The van der Waals surface area contributed by atoms with Crippen LogP contribution in [0.1, 0.15) is 39.5 Å². The van der Waals surface area contributed by atoms with Crippen LogP contribution in [0.15, 0.2) is 144 Å². The highest BCUT2D eigenvalue weighted by atomic mass is 35.5. The van der Waals surface area contributed by atoms with E-state index in [1.165, 1.54) is 15.3 Å². The molecule has 1 fully saturated rings. The Hall–Kier alpha value is -5.00. The molecule has 0 saturated carbocycles. The zero-order chi connectivity index (χ0) is 35.7. The molecular weight excluding hydrogens is 668 g/mol. The van der Waals surface area contributed by atoms with Crippen molar-refractivity contribution in [1.82, 2.24) is 9.13 Å². The molecule has 0 bridgehead atoms. The second kappa shape index (κ2) is 14.3. The number of aliphatic hydroxyl groups excluding tert-OH is 4.